The lowest BCUT2D eigenvalue weighted by Crippen LogP contribution is -2.26. The van der Waals surface area contributed by atoms with Crippen LogP contribution in [0, 0.1) is 5.82 Å². The largest absolute Gasteiger partial charge is 0.348 e. The van der Waals surface area contributed by atoms with Crippen molar-refractivity contribution >= 4 is 17.7 Å². The maximum Gasteiger partial charge on any atom is 0.240 e. The minimum Gasteiger partial charge on any atom is -0.348 e. The lowest BCUT2D eigenvalue weighted by atomic mass is 10.1. The second-order valence-corrected chi connectivity index (χ2v) is 5.77. The van der Waals surface area contributed by atoms with E-state index in [1.54, 1.807) is 31.1 Å². The highest BCUT2D eigenvalue weighted by molar-refractivity contribution is 8.00. The van der Waals surface area contributed by atoms with Crippen molar-refractivity contribution in [2.75, 3.05) is 14.1 Å². The smallest absolute Gasteiger partial charge is 0.240 e. The van der Waals surface area contributed by atoms with E-state index in [4.69, 9.17) is 0 Å². The van der Waals surface area contributed by atoms with E-state index in [1.165, 1.54) is 23.9 Å². The molecule has 2 rings (SSSR count). The van der Waals surface area contributed by atoms with Crippen LogP contribution < -0.4 is 0 Å². The molecule has 2 nitrogen and oxygen atoms in total. The first-order chi connectivity index (χ1) is 9.58. The van der Waals surface area contributed by atoms with E-state index in [0.717, 1.165) is 10.5 Å². The first-order valence-corrected chi connectivity index (χ1v) is 7.14. The number of nitrogens with zero attached hydrogens (tertiary/aromatic N) is 1. The number of thioether (sulfide) groups is 1. The van der Waals surface area contributed by atoms with E-state index in [2.05, 4.69) is 0 Å². The van der Waals surface area contributed by atoms with Crippen molar-refractivity contribution in [2.45, 2.75) is 10.1 Å². The lowest BCUT2D eigenvalue weighted by molar-refractivity contribution is -0.128. The van der Waals surface area contributed by atoms with Crippen molar-refractivity contribution in [1.82, 2.24) is 4.90 Å². The van der Waals surface area contributed by atoms with Crippen LogP contribution in [-0.4, -0.2) is 24.9 Å². The third-order valence-electron chi connectivity index (χ3n) is 2.83. The molecule has 20 heavy (non-hydrogen) atoms. The van der Waals surface area contributed by atoms with Crippen molar-refractivity contribution in [3.8, 4) is 0 Å². The summed E-state index contributed by atoms with van der Waals surface area (Å²) in [5.74, 6) is -0.255. The van der Waals surface area contributed by atoms with Gasteiger partial charge in [-0.15, -0.1) is 11.8 Å². The van der Waals surface area contributed by atoms with Gasteiger partial charge >= 0.3 is 0 Å². The SMILES string of the molecule is CN(C)C(=O)C(Sc1ccc(F)cc1)c1ccccc1. The number of carbonyl (C=O) groups is 1. The molecule has 0 N–H and O–H groups in total. The van der Waals surface area contributed by atoms with Crippen LogP contribution in [0.2, 0.25) is 0 Å². The highest BCUT2D eigenvalue weighted by atomic mass is 32.2. The molecule has 0 saturated heterocycles. The molecule has 0 spiro atoms. The van der Waals surface area contributed by atoms with Crippen molar-refractivity contribution in [3.63, 3.8) is 0 Å². The zero-order chi connectivity index (χ0) is 14.5. The summed E-state index contributed by atoms with van der Waals surface area (Å²) in [5.41, 5.74) is 0.945. The van der Waals surface area contributed by atoms with Crippen LogP contribution in [0.15, 0.2) is 59.5 Å². The summed E-state index contributed by atoms with van der Waals surface area (Å²) >= 11 is 1.43. The second-order valence-electron chi connectivity index (χ2n) is 4.60. The summed E-state index contributed by atoms with van der Waals surface area (Å²) in [6.45, 7) is 0. The van der Waals surface area contributed by atoms with Gasteiger partial charge in [0.05, 0.1) is 0 Å². The van der Waals surface area contributed by atoms with Crippen LogP contribution in [0.4, 0.5) is 4.39 Å². The van der Waals surface area contributed by atoms with E-state index in [-0.39, 0.29) is 17.0 Å². The average molecular weight is 289 g/mol. The Morgan fingerprint density at radius 2 is 1.65 bits per heavy atom. The molecular formula is C16H16FNOS. The Labute approximate surface area is 122 Å². The number of likely N-dealkylation sites (N-methyl/N-ethyl adjacent to an activating group) is 1. The van der Waals surface area contributed by atoms with Crippen LogP contribution in [0.5, 0.6) is 0 Å². The van der Waals surface area contributed by atoms with E-state index < -0.39 is 0 Å². The second kappa shape index (κ2) is 6.57. The lowest BCUT2D eigenvalue weighted by Gasteiger charge is -2.20. The molecule has 0 aliphatic carbocycles. The van der Waals surface area contributed by atoms with Gasteiger partial charge < -0.3 is 4.90 Å². The van der Waals surface area contributed by atoms with E-state index in [1.807, 2.05) is 30.3 Å². The first kappa shape index (κ1) is 14.6. The molecule has 0 saturated carbocycles. The highest BCUT2D eigenvalue weighted by Gasteiger charge is 2.23. The van der Waals surface area contributed by atoms with Crippen molar-refractivity contribution in [3.05, 3.63) is 66.0 Å². The topological polar surface area (TPSA) is 20.3 Å². The molecule has 104 valence electrons. The highest BCUT2D eigenvalue weighted by Crippen LogP contribution is 2.36. The number of hydrogen-bond acceptors (Lipinski definition) is 2. The third-order valence-corrected chi connectivity index (χ3v) is 4.09. The van der Waals surface area contributed by atoms with Gasteiger partial charge in [0.15, 0.2) is 0 Å². The molecule has 0 aliphatic rings. The van der Waals surface area contributed by atoms with Gasteiger partial charge in [-0.25, -0.2) is 4.39 Å². The molecule has 0 radical (unpaired) electrons. The van der Waals surface area contributed by atoms with Crippen LogP contribution in [0.25, 0.3) is 0 Å². The Morgan fingerprint density at radius 3 is 2.20 bits per heavy atom. The molecule has 0 heterocycles. The number of carbonyl (C=O) groups excluding carboxylic acids is 1. The fourth-order valence-corrected chi connectivity index (χ4v) is 2.94. The number of rotatable bonds is 4. The monoisotopic (exact) mass is 289 g/mol. The zero-order valence-corrected chi connectivity index (χ0v) is 12.2. The Morgan fingerprint density at radius 1 is 1.05 bits per heavy atom. The van der Waals surface area contributed by atoms with Gasteiger partial charge in [-0.2, -0.15) is 0 Å². The predicted octanol–water partition coefficient (Wildman–Crippen LogP) is 3.75. The molecule has 1 amide bonds. The van der Waals surface area contributed by atoms with Gasteiger partial charge in [-0.3, -0.25) is 4.79 Å². The Bertz CT molecular complexity index is 569. The molecule has 2 aromatic carbocycles. The molecule has 4 heteroatoms. The fourth-order valence-electron chi connectivity index (χ4n) is 1.77. The Hall–Kier alpha value is -1.81. The minimum atomic E-state index is -0.323. The summed E-state index contributed by atoms with van der Waals surface area (Å²) in [7, 11) is 3.48. The maximum absolute atomic E-state index is 12.9. The van der Waals surface area contributed by atoms with E-state index in [9.17, 15) is 9.18 Å². The summed E-state index contributed by atoms with van der Waals surface area (Å²) in [4.78, 5) is 14.8. The van der Waals surface area contributed by atoms with Gasteiger partial charge in [0.25, 0.3) is 0 Å². The molecule has 2 aromatic rings. The van der Waals surface area contributed by atoms with E-state index in [0.29, 0.717) is 0 Å². The Kier molecular flexibility index (Phi) is 4.79. The minimum absolute atomic E-state index is 0.0190. The molecule has 0 bridgehead atoms. The fraction of sp³-hybridized carbons (Fsp3) is 0.188. The Balaban J connectivity index is 2.28. The van der Waals surface area contributed by atoms with Crippen LogP contribution in [0.3, 0.4) is 0 Å². The number of hydrogen-bond donors (Lipinski definition) is 0. The molecule has 0 aromatic heterocycles. The zero-order valence-electron chi connectivity index (χ0n) is 11.4. The quantitative estimate of drug-likeness (QED) is 0.799. The number of benzene rings is 2. The van der Waals surface area contributed by atoms with E-state index >= 15 is 0 Å². The van der Waals surface area contributed by atoms with Gasteiger partial charge in [-0.1, -0.05) is 30.3 Å². The standard InChI is InChI=1S/C16H16FNOS/c1-18(2)16(19)15(12-6-4-3-5-7-12)20-14-10-8-13(17)9-11-14/h3-11,15H,1-2H3. The van der Waals surface area contributed by atoms with Crippen molar-refractivity contribution < 1.29 is 9.18 Å². The summed E-state index contributed by atoms with van der Waals surface area (Å²) in [6, 6.07) is 15.8. The molecule has 1 atom stereocenters. The summed E-state index contributed by atoms with van der Waals surface area (Å²) in [5, 5.41) is -0.323. The first-order valence-electron chi connectivity index (χ1n) is 6.26. The third kappa shape index (κ3) is 3.61. The normalized spacial score (nSPS) is 11.9. The number of halogens is 1. The maximum atomic E-state index is 12.9. The van der Waals surface area contributed by atoms with Crippen LogP contribution in [-0.2, 0) is 4.79 Å². The van der Waals surface area contributed by atoms with Crippen molar-refractivity contribution in [2.24, 2.45) is 0 Å². The molecule has 1 unspecified atom stereocenters. The average Bonchev–Trinajstić information content (AvgIpc) is 2.47. The van der Waals surface area contributed by atoms with Gasteiger partial charge in [0.1, 0.15) is 11.1 Å². The van der Waals surface area contributed by atoms with Gasteiger partial charge in [-0.05, 0) is 29.8 Å². The number of amides is 1. The molecule has 0 aliphatic heterocycles. The molecular weight excluding hydrogens is 273 g/mol. The predicted molar refractivity (Wildman–Crippen MR) is 80.1 cm³/mol. The van der Waals surface area contributed by atoms with Gasteiger partial charge in [0, 0.05) is 19.0 Å². The van der Waals surface area contributed by atoms with Crippen LogP contribution >= 0.6 is 11.8 Å². The molecule has 0 fully saturated rings. The summed E-state index contributed by atoms with van der Waals surface area (Å²) in [6.07, 6.45) is 0. The summed E-state index contributed by atoms with van der Waals surface area (Å²) < 4.78 is 12.9. The van der Waals surface area contributed by atoms with Crippen molar-refractivity contribution in [1.29, 1.82) is 0 Å². The van der Waals surface area contributed by atoms with Crippen LogP contribution in [0.1, 0.15) is 10.8 Å². The van der Waals surface area contributed by atoms with Gasteiger partial charge in [0.2, 0.25) is 5.91 Å².